The molecule has 1 aliphatic heterocycles. The summed E-state index contributed by atoms with van der Waals surface area (Å²) >= 11 is 6.05. The minimum absolute atomic E-state index is 0.164. The number of benzene rings is 1. The van der Waals surface area contributed by atoms with Crippen LogP contribution in [0.5, 0.6) is 0 Å². The standard InChI is InChI=1S/C17H21ClN4O2/c1-12-9-14(18)4-5-15(12)22-17(19-11-20-22)13-3-6-16(23)21(10-13)7-8-24-2/h4-5,9,11,13H,3,6-8,10H2,1-2H3. The van der Waals surface area contributed by atoms with Crippen LogP contribution in [0.2, 0.25) is 5.02 Å². The fourth-order valence-corrected chi connectivity index (χ4v) is 3.34. The predicted octanol–water partition coefficient (Wildman–Crippen LogP) is 2.58. The number of aromatic nitrogens is 3. The third kappa shape index (κ3) is 3.44. The molecule has 1 aromatic carbocycles. The summed E-state index contributed by atoms with van der Waals surface area (Å²) < 4.78 is 6.96. The van der Waals surface area contributed by atoms with Crippen LogP contribution >= 0.6 is 11.6 Å². The SMILES string of the molecule is COCCN1CC(c2ncnn2-c2ccc(Cl)cc2C)CCC1=O. The molecule has 0 N–H and O–H groups in total. The molecule has 1 atom stereocenters. The molecule has 2 heterocycles. The van der Waals surface area contributed by atoms with Gasteiger partial charge in [0, 0.05) is 37.6 Å². The molecule has 24 heavy (non-hydrogen) atoms. The Kier molecular flexibility index (Phi) is 5.16. The van der Waals surface area contributed by atoms with Gasteiger partial charge < -0.3 is 9.64 Å². The van der Waals surface area contributed by atoms with E-state index in [1.54, 1.807) is 13.4 Å². The summed E-state index contributed by atoms with van der Waals surface area (Å²) in [5, 5.41) is 5.09. The highest BCUT2D eigenvalue weighted by Crippen LogP contribution is 2.28. The average molecular weight is 349 g/mol. The number of methoxy groups -OCH3 is 1. The third-order valence-corrected chi connectivity index (χ3v) is 4.63. The quantitative estimate of drug-likeness (QED) is 0.833. The van der Waals surface area contributed by atoms with Crippen molar-refractivity contribution in [1.82, 2.24) is 19.7 Å². The van der Waals surface area contributed by atoms with E-state index < -0.39 is 0 Å². The Balaban J connectivity index is 1.86. The Labute approximate surface area is 146 Å². The van der Waals surface area contributed by atoms with E-state index in [1.807, 2.05) is 34.7 Å². The molecule has 1 aliphatic rings. The Morgan fingerprint density at radius 1 is 1.42 bits per heavy atom. The van der Waals surface area contributed by atoms with Gasteiger partial charge in [0.15, 0.2) is 0 Å². The summed E-state index contributed by atoms with van der Waals surface area (Å²) in [7, 11) is 1.64. The number of rotatable bonds is 5. The summed E-state index contributed by atoms with van der Waals surface area (Å²) in [5.74, 6) is 1.23. The molecule has 128 valence electrons. The van der Waals surface area contributed by atoms with Crippen molar-refractivity contribution < 1.29 is 9.53 Å². The van der Waals surface area contributed by atoms with Gasteiger partial charge >= 0.3 is 0 Å². The van der Waals surface area contributed by atoms with Crippen LogP contribution in [0, 0.1) is 6.92 Å². The second-order valence-corrected chi connectivity index (χ2v) is 6.47. The van der Waals surface area contributed by atoms with Crippen LogP contribution in [-0.4, -0.2) is 52.4 Å². The number of carbonyl (C=O) groups excluding carboxylic acids is 1. The van der Waals surface area contributed by atoms with E-state index in [1.165, 1.54) is 0 Å². The second kappa shape index (κ2) is 7.32. The molecule has 0 aliphatic carbocycles. The van der Waals surface area contributed by atoms with Crippen molar-refractivity contribution in [2.24, 2.45) is 0 Å². The van der Waals surface area contributed by atoms with Gasteiger partial charge in [-0.1, -0.05) is 11.6 Å². The third-order valence-electron chi connectivity index (χ3n) is 4.39. The van der Waals surface area contributed by atoms with E-state index in [0.29, 0.717) is 31.1 Å². The van der Waals surface area contributed by atoms with Crippen molar-refractivity contribution in [3.05, 3.63) is 40.9 Å². The Morgan fingerprint density at radius 2 is 2.25 bits per heavy atom. The Hall–Kier alpha value is -1.92. The zero-order chi connectivity index (χ0) is 17.1. The van der Waals surface area contributed by atoms with E-state index in [4.69, 9.17) is 16.3 Å². The number of hydrogen-bond donors (Lipinski definition) is 0. The van der Waals surface area contributed by atoms with Crippen LogP contribution in [0.1, 0.15) is 30.1 Å². The van der Waals surface area contributed by atoms with E-state index in [-0.39, 0.29) is 11.8 Å². The van der Waals surface area contributed by atoms with Crippen molar-refractivity contribution in [1.29, 1.82) is 0 Å². The van der Waals surface area contributed by atoms with Gasteiger partial charge in [0.25, 0.3) is 0 Å². The van der Waals surface area contributed by atoms with E-state index in [2.05, 4.69) is 10.1 Å². The van der Waals surface area contributed by atoms with Gasteiger partial charge in [0.05, 0.1) is 12.3 Å². The number of piperidine rings is 1. The molecule has 1 fully saturated rings. The molecule has 0 bridgehead atoms. The number of halogens is 1. The maximum atomic E-state index is 12.1. The van der Waals surface area contributed by atoms with Crippen molar-refractivity contribution in [3.63, 3.8) is 0 Å². The van der Waals surface area contributed by atoms with Gasteiger partial charge in [0.1, 0.15) is 12.2 Å². The predicted molar refractivity (Wildman–Crippen MR) is 91.5 cm³/mol. The van der Waals surface area contributed by atoms with Crippen molar-refractivity contribution in [2.75, 3.05) is 26.8 Å². The molecule has 0 spiro atoms. The summed E-state index contributed by atoms with van der Waals surface area (Å²) in [5.41, 5.74) is 2.00. The fourth-order valence-electron chi connectivity index (χ4n) is 3.11. The van der Waals surface area contributed by atoms with Gasteiger partial charge in [-0.25, -0.2) is 9.67 Å². The van der Waals surface area contributed by atoms with Gasteiger partial charge in [0.2, 0.25) is 5.91 Å². The van der Waals surface area contributed by atoms with Crippen LogP contribution in [0.4, 0.5) is 0 Å². The fraction of sp³-hybridized carbons (Fsp3) is 0.471. The highest BCUT2D eigenvalue weighted by atomic mass is 35.5. The first-order valence-electron chi connectivity index (χ1n) is 8.03. The summed E-state index contributed by atoms with van der Waals surface area (Å²) in [6, 6.07) is 5.72. The maximum absolute atomic E-state index is 12.1. The molecule has 6 nitrogen and oxygen atoms in total. The number of hydrogen-bond acceptors (Lipinski definition) is 4. The number of carbonyl (C=O) groups is 1. The lowest BCUT2D eigenvalue weighted by atomic mass is 9.96. The van der Waals surface area contributed by atoms with Gasteiger partial charge in [-0.3, -0.25) is 4.79 Å². The lowest BCUT2D eigenvalue weighted by Crippen LogP contribution is -2.41. The second-order valence-electron chi connectivity index (χ2n) is 6.03. The van der Waals surface area contributed by atoms with Crippen LogP contribution < -0.4 is 0 Å². The van der Waals surface area contributed by atoms with E-state index in [0.717, 1.165) is 23.5 Å². The first-order valence-corrected chi connectivity index (χ1v) is 8.41. The minimum atomic E-state index is 0.164. The largest absolute Gasteiger partial charge is 0.383 e. The molecule has 3 rings (SSSR count). The topological polar surface area (TPSA) is 60.2 Å². The summed E-state index contributed by atoms with van der Waals surface area (Å²) in [6.45, 7) is 3.80. The molecule has 7 heteroatoms. The lowest BCUT2D eigenvalue weighted by molar-refractivity contribution is -0.134. The zero-order valence-corrected chi connectivity index (χ0v) is 14.7. The smallest absolute Gasteiger partial charge is 0.222 e. The number of nitrogens with zero attached hydrogens (tertiary/aromatic N) is 4. The van der Waals surface area contributed by atoms with Crippen LogP contribution in [0.25, 0.3) is 5.69 Å². The van der Waals surface area contributed by atoms with Gasteiger partial charge in [-0.05, 0) is 37.1 Å². The van der Waals surface area contributed by atoms with Gasteiger partial charge in [-0.2, -0.15) is 5.10 Å². The highest BCUT2D eigenvalue weighted by Gasteiger charge is 2.29. The monoisotopic (exact) mass is 348 g/mol. The molecular weight excluding hydrogens is 328 g/mol. The number of amides is 1. The number of ether oxygens (including phenoxy) is 1. The Morgan fingerprint density at radius 3 is 3.00 bits per heavy atom. The van der Waals surface area contributed by atoms with Crippen molar-refractivity contribution in [3.8, 4) is 5.69 Å². The molecule has 1 saturated heterocycles. The van der Waals surface area contributed by atoms with Crippen LogP contribution in [-0.2, 0) is 9.53 Å². The molecule has 1 unspecified atom stereocenters. The molecule has 1 aromatic heterocycles. The van der Waals surface area contributed by atoms with E-state index >= 15 is 0 Å². The molecule has 1 amide bonds. The van der Waals surface area contributed by atoms with Gasteiger partial charge in [-0.15, -0.1) is 0 Å². The molecule has 0 radical (unpaired) electrons. The lowest BCUT2D eigenvalue weighted by Gasteiger charge is -2.32. The first-order chi connectivity index (χ1) is 11.6. The normalized spacial score (nSPS) is 18.2. The average Bonchev–Trinajstić information content (AvgIpc) is 3.03. The summed E-state index contributed by atoms with van der Waals surface area (Å²) in [6.07, 6.45) is 2.88. The summed E-state index contributed by atoms with van der Waals surface area (Å²) in [4.78, 5) is 18.4. The molecule has 0 saturated carbocycles. The maximum Gasteiger partial charge on any atom is 0.222 e. The zero-order valence-electron chi connectivity index (χ0n) is 13.9. The Bertz CT molecular complexity index is 731. The number of likely N-dealkylation sites (tertiary alicyclic amines) is 1. The first kappa shape index (κ1) is 16.9. The number of aryl methyl sites for hydroxylation is 1. The molecular formula is C17H21ClN4O2. The molecule has 2 aromatic rings. The highest BCUT2D eigenvalue weighted by molar-refractivity contribution is 6.30. The van der Waals surface area contributed by atoms with Crippen molar-refractivity contribution >= 4 is 17.5 Å². The minimum Gasteiger partial charge on any atom is -0.383 e. The van der Waals surface area contributed by atoms with Crippen molar-refractivity contribution in [2.45, 2.75) is 25.7 Å². The van der Waals surface area contributed by atoms with Crippen LogP contribution in [0.3, 0.4) is 0 Å². The van der Waals surface area contributed by atoms with E-state index in [9.17, 15) is 4.79 Å². The van der Waals surface area contributed by atoms with Crippen LogP contribution in [0.15, 0.2) is 24.5 Å².